The van der Waals surface area contributed by atoms with Crippen LogP contribution in [0.3, 0.4) is 0 Å². The molecular formula is C14H15BrClFN4O. The van der Waals surface area contributed by atoms with Gasteiger partial charge in [-0.3, -0.25) is 4.79 Å². The first-order chi connectivity index (χ1) is 10.1. The molecule has 1 aromatic heterocycles. The van der Waals surface area contributed by atoms with Crippen LogP contribution in [0.2, 0.25) is 0 Å². The van der Waals surface area contributed by atoms with Crippen molar-refractivity contribution in [3.63, 3.8) is 0 Å². The molecule has 1 saturated heterocycles. The van der Waals surface area contributed by atoms with Crippen LogP contribution < -0.4 is 10.6 Å². The van der Waals surface area contributed by atoms with Gasteiger partial charge in [0.25, 0.3) is 5.91 Å². The molecule has 2 heterocycles. The summed E-state index contributed by atoms with van der Waals surface area (Å²) in [6, 6.07) is 5.93. The Kier molecular flexibility index (Phi) is 5.55. The number of nitrogens with zero attached hydrogens (tertiary/aromatic N) is 2. The van der Waals surface area contributed by atoms with E-state index in [4.69, 9.17) is 0 Å². The number of hydrogen-bond donors (Lipinski definition) is 2. The molecule has 22 heavy (non-hydrogen) atoms. The highest BCUT2D eigenvalue weighted by Gasteiger charge is 2.20. The van der Waals surface area contributed by atoms with Crippen molar-refractivity contribution in [2.75, 3.05) is 19.6 Å². The van der Waals surface area contributed by atoms with E-state index in [2.05, 4.69) is 31.7 Å². The minimum atomic E-state index is -0.308. The van der Waals surface area contributed by atoms with Crippen LogP contribution in [-0.2, 0) is 0 Å². The van der Waals surface area contributed by atoms with Crippen LogP contribution in [-0.4, -0.2) is 35.3 Å². The molecule has 0 unspecified atom stereocenters. The summed E-state index contributed by atoms with van der Waals surface area (Å²) in [5, 5.41) is 10.3. The maximum atomic E-state index is 12.9. The average molecular weight is 390 g/mol. The summed E-state index contributed by atoms with van der Waals surface area (Å²) in [6.45, 7) is 2.51. The maximum absolute atomic E-state index is 12.9. The summed E-state index contributed by atoms with van der Waals surface area (Å²) in [6.07, 6.45) is 1.69. The molecule has 0 aliphatic carbocycles. The van der Waals surface area contributed by atoms with E-state index in [1.807, 2.05) is 0 Å². The van der Waals surface area contributed by atoms with E-state index in [1.54, 1.807) is 23.0 Å². The molecule has 3 rings (SSSR count). The predicted molar refractivity (Wildman–Crippen MR) is 87.2 cm³/mol. The SMILES string of the molecule is Cl.O=C(NCC1CNC1)c1nn(-c2ccc(F)cc2)cc1Br. The third kappa shape index (κ3) is 3.66. The fourth-order valence-corrected chi connectivity index (χ4v) is 2.50. The summed E-state index contributed by atoms with van der Waals surface area (Å²) in [5.41, 5.74) is 1.02. The molecule has 1 aliphatic rings. The fraction of sp³-hybridized carbons (Fsp3) is 0.286. The second kappa shape index (κ2) is 7.21. The van der Waals surface area contributed by atoms with Gasteiger partial charge in [-0.05, 0) is 40.2 Å². The Bertz CT molecular complexity index is 657. The predicted octanol–water partition coefficient (Wildman–Crippen LogP) is 2.14. The lowest BCUT2D eigenvalue weighted by Crippen LogP contribution is -2.48. The largest absolute Gasteiger partial charge is 0.350 e. The number of hydrogen-bond acceptors (Lipinski definition) is 3. The molecule has 2 aromatic rings. The van der Waals surface area contributed by atoms with E-state index in [-0.39, 0.29) is 24.1 Å². The smallest absolute Gasteiger partial charge is 0.272 e. The van der Waals surface area contributed by atoms with Crippen LogP contribution in [0.4, 0.5) is 4.39 Å². The van der Waals surface area contributed by atoms with Gasteiger partial charge >= 0.3 is 0 Å². The van der Waals surface area contributed by atoms with Crippen molar-refractivity contribution in [3.8, 4) is 5.69 Å². The summed E-state index contributed by atoms with van der Waals surface area (Å²) in [5.74, 6) is -0.0291. The second-order valence-electron chi connectivity index (χ2n) is 4.98. The fourth-order valence-electron chi connectivity index (χ4n) is 2.05. The lowest BCUT2D eigenvalue weighted by molar-refractivity contribution is 0.0936. The van der Waals surface area contributed by atoms with Crippen LogP contribution in [0, 0.1) is 11.7 Å². The lowest BCUT2D eigenvalue weighted by Gasteiger charge is -2.26. The Morgan fingerprint density at radius 1 is 1.41 bits per heavy atom. The minimum Gasteiger partial charge on any atom is -0.350 e. The molecule has 0 atom stereocenters. The summed E-state index contributed by atoms with van der Waals surface area (Å²) < 4.78 is 15.1. The number of benzene rings is 1. The number of halogens is 3. The molecule has 1 amide bonds. The molecule has 5 nitrogen and oxygen atoms in total. The molecule has 8 heteroatoms. The number of aromatic nitrogens is 2. The maximum Gasteiger partial charge on any atom is 0.272 e. The molecule has 1 aliphatic heterocycles. The topological polar surface area (TPSA) is 59.0 Å². The molecule has 0 radical (unpaired) electrons. The first-order valence-electron chi connectivity index (χ1n) is 6.63. The Balaban J connectivity index is 0.00000176. The van der Waals surface area contributed by atoms with E-state index in [1.165, 1.54) is 12.1 Å². The van der Waals surface area contributed by atoms with E-state index < -0.39 is 0 Å². The van der Waals surface area contributed by atoms with E-state index in [0.29, 0.717) is 28.3 Å². The van der Waals surface area contributed by atoms with Crippen molar-refractivity contribution in [2.45, 2.75) is 0 Å². The first kappa shape index (κ1) is 16.9. The van der Waals surface area contributed by atoms with Gasteiger partial charge in [-0.2, -0.15) is 5.10 Å². The molecule has 118 valence electrons. The molecule has 1 aromatic carbocycles. The van der Waals surface area contributed by atoms with Crippen molar-refractivity contribution >= 4 is 34.2 Å². The Morgan fingerprint density at radius 2 is 2.09 bits per heavy atom. The molecule has 0 saturated carbocycles. The highest BCUT2D eigenvalue weighted by atomic mass is 79.9. The van der Waals surface area contributed by atoms with Crippen LogP contribution in [0.15, 0.2) is 34.9 Å². The van der Waals surface area contributed by atoms with Gasteiger partial charge < -0.3 is 10.6 Å². The number of carbonyl (C=O) groups is 1. The molecule has 1 fully saturated rings. The normalized spacial score (nSPS) is 14.1. The third-order valence-corrected chi connectivity index (χ3v) is 3.97. The summed E-state index contributed by atoms with van der Waals surface area (Å²) in [7, 11) is 0. The van der Waals surface area contributed by atoms with E-state index >= 15 is 0 Å². The Hall–Kier alpha value is -1.44. The number of carbonyl (C=O) groups excluding carboxylic acids is 1. The highest BCUT2D eigenvalue weighted by Crippen LogP contribution is 2.18. The van der Waals surface area contributed by atoms with Crippen molar-refractivity contribution in [1.29, 1.82) is 0 Å². The third-order valence-electron chi connectivity index (χ3n) is 3.39. The number of nitrogens with one attached hydrogen (secondary N) is 2. The summed E-state index contributed by atoms with van der Waals surface area (Å²) in [4.78, 5) is 12.1. The van der Waals surface area contributed by atoms with Gasteiger partial charge in [0.2, 0.25) is 0 Å². The van der Waals surface area contributed by atoms with Gasteiger partial charge in [-0.15, -0.1) is 12.4 Å². The van der Waals surface area contributed by atoms with Crippen molar-refractivity contribution < 1.29 is 9.18 Å². The first-order valence-corrected chi connectivity index (χ1v) is 7.43. The van der Waals surface area contributed by atoms with Crippen LogP contribution >= 0.6 is 28.3 Å². The van der Waals surface area contributed by atoms with Crippen molar-refractivity contribution in [1.82, 2.24) is 20.4 Å². The molecular weight excluding hydrogens is 375 g/mol. The van der Waals surface area contributed by atoms with Crippen LogP contribution in [0.25, 0.3) is 5.69 Å². The Morgan fingerprint density at radius 3 is 2.68 bits per heavy atom. The minimum absolute atomic E-state index is 0. The molecule has 0 bridgehead atoms. The zero-order chi connectivity index (χ0) is 14.8. The van der Waals surface area contributed by atoms with Crippen molar-refractivity contribution in [3.05, 3.63) is 46.4 Å². The monoisotopic (exact) mass is 388 g/mol. The van der Waals surface area contributed by atoms with Crippen molar-refractivity contribution in [2.24, 2.45) is 5.92 Å². The Labute approximate surface area is 141 Å². The van der Waals surface area contributed by atoms with E-state index in [9.17, 15) is 9.18 Å². The average Bonchev–Trinajstić information content (AvgIpc) is 2.80. The summed E-state index contributed by atoms with van der Waals surface area (Å²) >= 11 is 3.34. The van der Waals surface area contributed by atoms with Gasteiger partial charge in [0.1, 0.15) is 5.82 Å². The van der Waals surface area contributed by atoms with Gasteiger partial charge in [0, 0.05) is 31.7 Å². The highest BCUT2D eigenvalue weighted by molar-refractivity contribution is 9.10. The standard InChI is InChI=1S/C14H14BrFN4O.ClH/c15-12-8-20(11-3-1-10(16)2-4-11)19-13(12)14(21)18-7-9-5-17-6-9;/h1-4,8-9,17H,5-7H2,(H,18,21);1H. The zero-order valence-corrected chi connectivity index (χ0v) is 14.0. The van der Waals surface area contributed by atoms with Gasteiger partial charge in [0.15, 0.2) is 5.69 Å². The van der Waals surface area contributed by atoms with Gasteiger partial charge in [-0.1, -0.05) is 0 Å². The van der Waals surface area contributed by atoms with Crippen LogP contribution in [0.1, 0.15) is 10.5 Å². The lowest BCUT2D eigenvalue weighted by atomic mass is 10.0. The second-order valence-corrected chi connectivity index (χ2v) is 5.84. The van der Waals surface area contributed by atoms with E-state index in [0.717, 1.165) is 13.1 Å². The molecule has 0 spiro atoms. The number of rotatable bonds is 4. The van der Waals surface area contributed by atoms with Gasteiger partial charge in [0.05, 0.1) is 10.2 Å². The molecule has 2 N–H and O–H groups in total. The number of amides is 1. The van der Waals surface area contributed by atoms with Crippen LogP contribution in [0.5, 0.6) is 0 Å². The zero-order valence-electron chi connectivity index (χ0n) is 11.6. The quantitative estimate of drug-likeness (QED) is 0.842. The van der Waals surface area contributed by atoms with Gasteiger partial charge in [-0.25, -0.2) is 9.07 Å².